The van der Waals surface area contributed by atoms with Gasteiger partial charge in [-0.25, -0.2) is 4.79 Å². The molecule has 0 aromatic heterocycles. The molecule has 0 unspecified atom stereocenters. The quantitative estimate of drug-likeness (QED) is 0.810. The zero-order valence-corrected chi connectivity index (χ0v) is 10.8. The van der Waals surface area contributed by atoms with Crippen molar-refractivity contribution in [1.29, 1.82) is 0 Å². The Bertz CT molecular complexity index is 443. The maximum atomic E-state index is 11.5. The van der Waals surface area contributed by atoms with E-state index in [9.17, 15) is 9.59 Å². The second-order valence-corrected chi connectivity index (χ2v) is 3.73. The number of ether oxygens (including phenoxy) is 2. The van der Waals surface area contributed by atoms with Crippen LogP contribution in [0.25, 0.3) is 0 Å². The van der Waals surface area contributed by atoms with Gasteiger partial charge < -0.3 is 14.8 Å². The first-order valence-corrected chi connectivity index (χ1v) is 5.65. The molecule has 0 aliphatic heterocycles. The van der Waals surface area contributed by atoms with Crippen LogP contribution >= 0.6 is 0 Å². The van der Waals surface area contributed by atoms with Gasteiger partial charge in [0.2, 0.25) is 5.91 Å². The number of hydrogen-bond acceptors (Lipinski definition) is 4. The van der Waals surface area contributed by atoms with Gasteiger partial charge >= 0.3 is 5.97 Å². The van der Waals surface area contributed by atoms with Crippen LogP contribution in [0.2, 0.25) is 0 Å². The van der Waals surface area contributed by atoms with Crippen LogP contribution in [0.15, 0.2) is 18.2 Å². The Kier molecular flexibility index (Phi) is 5.32. The number of rotatable bonds is 5. The van der Waals surface area contributed by atoms with Crippen LogP contribution in [0, 0.1) is 6.92 Å². The van der Waals surface area contributed by atoms with Gasteiger partial charge in [0, 0.05) is 12.8 Å². The number of anilines is 1. The van der Waals surface area contributed by atoms with E-state index >= 15 is 0 Å². The van der Waals surface area contributed by atoms with E-state index in [0.29, 0.717) is 17.9 Å². The van der Waals surface area contributed by atoms with Gasteiger partial charge in [-0.2, -0.15) is 0 Å². The number of amides is 1. The lowest BCUT2D eigenvalue weighted by molar-refractivity contribution is -0.119. The molecule has 0 saturated carbocycles. The largest absolute Gasteiger partial charge is 0.462 e. The van der Waals surface area contributed by atoms with E-state index in [-0.39, 0.29) is 18.5 Å². The Hall–Kier alpha value is -1.88. The molecule has 0 radical (unpaired) electrons. The number of benzene rings is 1. The molecule has 1 aromatic carbocycles. The molecular formula is C13H17NO4. The Balaban J connectivity index is 2.79. The van der Waals surface area contributed by atoms with Gasteiger partial charge in [-0.1, -0.05) is 0 Å². The maximum Gasteiger partial charge on any atom is 0.338 e. The minimum absolute atomic E-state index is 0.000925. The summed E-state index contributed by atoms with van der Waals surface area (Å²) in [7, 11) is 1.45. The fraction of sp³-hybridized carbons (Fsp3) is 0.385. The Morgan fingerprint density at radius 2 is 2.06 bits per heavy atom. The van der Waals surface area contributed by atoms with Gasteiger partial charge in [-0.05, 0) is 37.6 Å². The zero-order chi connectivity index (χ0) is 13.5. The molecule has 0 spiro atoms. The van der Waals surface area contributed by atoms with E-state index in [1.165, 1.54) is 7.11 Å². The van der Waals surface area contributed by atoms with Crippen molar-refractivity contribution in [3.63, 3.8) is 0 Å². The summed E-state index contributed by atoms with van der Waals surface area (Å²) in [4.78, 5) is 22.9. The van der Waals surface area contributed by atoms with Crippen molar-refractivity contribution in [3.05, 3.63) is 29.3 Å². The van der Waals surface area contributed by atoms with Gasteiger partial charge in [-0.15, -0.1) is 0 Å². The molecule has 1 aromatic rings. The summed E-state index contributed by atoms with van der Waals surface area (Å²) in [6.07, 6.45) is 0. The fourth-order valence-corrected chi connectivity index (χ4v) is 1.46. The highest BCUT2D eigenvalue weighted by Crippen LogP contribution is 2.17. The molecule has 5 nitrogen and oxygen atoms in total. The normalized spacial score (nSPS) is 9.94. The molecule has 0 aliphatic rings. The lowest BCUT2D eigenvalue weighted by atomic mass is 10.1. The number of methoxy groups -OCH3 is 1. The first kappa shape index (κ1) is 14.2. The van der Waals surface area contributed by atoms with E-state index in [0.717, 1.165) is 5.56 Å². The number of esters is 1. The third kappa shape index (κ3) is 3.85. The predicted molar refractivity (Wildman–Crippen MR) is 67.6 cm³/mol. The van der Waals surface area contributed by atoms with Crippen molar-refractivity contribution in [3.8, 4) is 0 Å². The van der Waals surface area contributed by atoms with Crippen LogP contribution in [0.1, 0.15) is 22.8 Å². The van der Waals surface area contributed by atoms with E-state index in [1.54, 1.807) is 25.1 Å². The summed E-state index contributed by atoms with van der Waals surface area (Å²) in [5.41, 5.74) is 1.93. The molecule has 1 N–H and O–H groups in total. The average Bonchev–Trinajstić information content (AvgIpc) is 2.32. The first-order valence-electron chi connectivity index (χ1n) is 5.65. The van der Waals surface area contributed by atoms with E-state index in [1.807, 2.05) is 6.92 Å². The molecule has 0 saturated heterocycles. The minimum atomic E-state index is -0.365. The summed E-state index contributed by atoms with van der Waals surface area (Å²) >= 11 is 0. The van der Waals surface area contributed by atoms with Crippen LogP contribution in [0.4, 0.5) is 5.69 Å². The third-order valence-electron chi connectivity index (χ3n) is 2.29. The first-order chi connectivity index (χ1) is 8.58. The number of carbonyl (C=O) groups is 2. The van der Waals surface area contributed by atoms with Gasteiger partial charge in [0.05, 0.1) is 12.2 Å². The monoisotopic (exact) mass is 251 g/mol. The molecule has 0 atom stereocenters. The summed E-state index contributed by atoms with van der Waals surface area (Å²) in [6, 6.07) is 4.98. The second-order valence-electron chi connectivity index (χ2n) is 3.73. The van der Waals surface area contributed by atoms with E-state index < -0.39 is 0 Å². The van der Waals surface area contributed by atoms with E-state index in [2.05, 4.69) is 5.32 Å². The van der Waals surface area contributed by atoms with Crippen molar-refractivity contribution in [1.82, 2.24) is 0 Å². The van der Waals surface area contributed by atoms with Crippen LogP contribution in [0.5, 0.6) is 0 Å². The zero-order valence-electron chi connectivity index (χ0n) is 10.8. The van der Waals surface area contributed by atoms with Gasteiger partial charge in [0.15, 0.2) is 0 Å². The smallest absolute Gasteiger partial charge is 0.338 e. The van der Waals surface area contributed by atoms with Crippen LogP contribution in [-0.4, -0.2) is 32.2 Å². The highest BCUT2D eigenvalue weighted by atomic mass is 16.5. The molecule has 18 heavy (non-hydrogen) atoms. The third-order valence-corrected chi connectivity index (χ3v) is 2.29. The standard InChI is InChI=1S/C13H17NO4/c1-4-18-13(16)10-5-6-11(9(2)7-10)14-12(15)8-17-3/h5-7H,4,8H2,1-3H3,(H,14,15). The molecule has 0 bridgehead atoms. The predicted octanol–water partition coefficient (Wildman–Crippen LogP) is 1.76. The molecule has 0 heterocycles. The highest BCUT2D eigenvalue weighted by Gasteiger charge is 2.09. The number of nitrogens with one attached hydrogen (secondary N) is 1. The van der Waals surface area contributed by atoms with Crippen molar-refractivity contribution in [2.45, 2.75) is 13.8 Å². The average molecular weight is 251 g/mol. The fourth-order valence-electron chi connectivity index (χ4n) is 1.46. The number of hydrogen-bond donors (Lipinski definition) is 1. The van der Waals surface area contributed by atoms with Crippen molar-refractivity contribution in [2.75, 3.05) is 25.6 Å². The summed E-state index contributed by atoms with van der Waals surface area (Å²) in [5.74, 6) is -0.597. The van der Waals surface area contributed by atoms with Gasteiger partial charge in [0.25, 0.3) is 0 Å². The molecule has 1 rings (SSSR count). The summed E-state index contributed by atoms with van der Waals surface area (Å²) in [6.45, 7) is 3.90. The lowest BCUT2D eigenvalue weighted by Gasteiger charge is -2.09. The number of carbonyl (C=O) groups excluding carboxylic acids is 2. The second kappa shape index (κ2) is 6.76. The lowest BCUT2D eigenvalue weighted by Crippen LogP contribution is -2.18. The highest BCUT2D eigenvalue weighted by molar-refractivity contribution is 5.94. The number of aryl methyl sites for hydroxylation is 1. The van der Waals surface area contributed by atoms with Gasteiger partial charge in [0.1, 0.15) is 6.61 Å². The van der Waals surface area contributed by atoms with Crippen LogP contribution < -0.4 is 5.32 Å². The Morgan fingerprint density at radius 1 is 1.33 bits per heavy atom. The van der Waals surface area contributed by atoms with Gasteiger partial charge in [-0.3, -0.25) is 4.79 Å². The molecule has 0 aliphatic carbocycles. The summed E-state index contributed by atoms with van der Waals surface area (Å²) < 4.78 is 9.62. The van der Waals surface area contributed by atoms with Crippen molar-refractivity contribution in [2.24, 2.45) is 0 Å². The molecule has 1 amide bonds. The van der Waals surface area contributed by atoms with Crippen molar-refractivity contribution >= 4 is 17.6 Å². The summed E-state index contributed by atoms with van der Waals surface area (Å²) in [5, 5.41) is 2.69. The Labute approximate surface area is 106 Å². The Morgan fingerprint density at radius 3 is 2.61 bits per heavy atom. The molecule has 5 heteroatoms. The maximum absolute atomic E-state index is 11.5. The SMILES string of the molecule is CCOC(=O)c1ccc(NC(=O)COC)c(C)c1. The molecular weight excluding hydrogens is 234 g/mol. The van der Waals surface area contributed by atoms with Crippen LogP contribution in [0.3, 0.4) is 0 Å². The van der Waals surface area contributed by atoms with E-state index in [4.69, 9.17) is 9.47 Å². The van der Waals surface area contributed by atoms with Crippen molar-refractivity contribution < 1.29 is 19.1 Å². The topological polar surface area (TPSA) is 64.6 Å². The van der Waals surface area contributed by atoms with Crippen LogP contribution in [-0.2, 0) is 14.3 Å². The molecule has 98 valence electrons. The molecule has 0 fully saturated rings. The minimum Gasteiger partial charge on any atom is -0.462 e.